The fraction of sp³-hybridized carbons (Fsp3) is 1.00. The van der Waals surface area contributed by atoms with Gasteiger partial charge in [0.2, 0.25) is 0 Å². The highest BCUT2D eigenvalue weighted by Gasteiger charge is 2.54. The fourth-order valence-electron chi connectivity index (χ4n) is 9.38. The zero-order chi connectivity index (χ0) is 26.0. The van der Waals surface area contributed by atoms with E-state index in [-0.39, 0.29) is 0 Å². The third-order valence-electron chi connectivity index (χ3n) is 11.9. The van der Waals surface area contributed by atoms with Gasteiger partial charge in [0.25, 0.3) is 0 Å². The lowest BCUT2D eigenvalue weighted by molar-refractivity contribution is -0.133. The topological polar surface area (TPSA) is 27.7 Å². The van der Waals surface area contributed by atoms with Gasteiger partial charge < -0.3 is 11.4 Å². The molecule has 3 unspecified atom stereocenters. The van der Waals surface area contributed by atoms with E-state index in [0.717, 1.165) is 35.5 Å². The SMILES string of the molecule is CC1(C)CC(C([O][Al]([O]C(C2CCC2)C2CC(C)(C)C2)[O]C(C2CCC2)C2CC(C)(C)C2)C2CCC2)C1. The zero-order valence-corrected chi connectivity index (χ0v) is 26.3. The molecule has 6 fully saturated rings. The quantitative estimate of drug-likeness (QED) is 0.237. The van der Waals surface area contributed by atoms with Gasteiger partial charge in [0.1, 0.15) is 0 Å². The minimum atomic E-state index is -2.25. The highest BCUT2D eigenvalue weighted by Crippen LogP contribution is 2.54. The molecule has 210 valence electrons. The first-order valence-electron chi connectivity index (χ1n) is 16.4. The van der Waals surface area contributed by atoms with Crippen LogP contribution in [-0.2, 0) is 11.4 Å². The van der Waals surface area contributed by atoms with E-state index in [1.54, 1.807) is 0 Å². The predicted octanol–water partition coefficient (Wildman–Crippen LogP) is 8.84. The molecule has 0 aromatic carbocycles. The van der Waals surface area contributed by atoms with Crippen molar-refractivity contribution >= 4 is 15.1 Å². The summed E-state index contributed by atoms with van der Waals surface area (Å²) in [7, 11) is 0. The normalized spacial score (nSPS) is 32.6. The van der Waals surface area contributed by atoms with Crippen LogP contribution in [0.3, 0.4) is 0 Å². The molecular weight excluding hydrogens is 471 g/mol. The lowest BCUT2D eigenvalue weighted by Crippen LogP contribution is -2.55. The zero-order valence-electron chi connectivity index (χ0n) is 25.1. The maximum absolute atomic E-state index is 7.29. The summed E-state index contributed by atoms with van der Waals surface area (Å²) in [5.74, 6) is 4.40. The second-order valence-electron chi connectivity index (χ2n) is 17.2. The average Bonchev–Trinajstić information content (AvgIpc) is 2.62. The van der Waals surface area contributed by atoms with Gasteiger partial charge in [0.15, 0.2) is 0 Å². The van der Waals surface area contributed by atoms with Crippen molar-refractivity contribution in [3.05, 3.63) is 0 Å². The summed E-state index contributed by atoms with van der Waals surface area (Å²) in [4.78, 5) is 0. The van der Waals surface area contributed by atoms with E-state index in [0.29, 0.717) is 34.6 Å². The summed E-state index contributed by atoms with van der Waals surface area (Å²) in [6.45, 7) is 14.7. The molecule has 0 saturated heterocycles. The van der Waals surface area contributed by atoms with E-state index in [2.05, 4.69) is 41.5 Å². The molecular formula is C33H57AlO3. The van der Waals surface area contributed by atoms with Gasteiger partial charge in [-0.2, -0.15) is 0 Å². The molecule has 3 atom stereocenters. The highest BCUT2D eigenvalue weighted by atomic mass is 27.3. The predicted molar refractivity (Wildman–Crippen MR) is 152 cm³/mol. The van der Waals surface area contributed by atoms with Gasteiger partial charge >= 0.3 is 15.1 Å². The van der Waals surface area contributed by atoms with Crippen molar-refractivity contribution in [2.75, 3.05) is 0 Å². The van der Waals surface area contributed by atoms with Crippen LogP contribution in [0.4, 0.5) is 0 Å². The van der Waals surface area contributed by atoms with E-state index in [9.17, 15) is 0 Å². The van der Waals surface area contributed by atoms with Gasteiger partial charge in [0.05, 0.1) is 0 Å². The minimum absolute atomic E-state index is 0.387. The first-order chi connectivity index (χ1) is 17.5. The van der Waals surface area contributed by atoms with Crippen molar-refractivity contribution < 1.29 is 11.4 Å². The first kappa shape index (κ1) is 27.6. The Kier molecular flexibility index (Phi) is 7.72. The van der Waals surface area contributed by atoms with Gasteiger partial charge in [-0.3, -0.25) is 0 Å². The lowest BCUT2D eigenvalue weighted by Gasteiger charge is -2.54. The second kappa shape index (κ2) is 10.4. The van der Waals surface area contributed by atoms with Crippen molar-refractivity contribution in [3.8, 4) is 0 Å². The van der Waals surface area contributed by atoms with Gasteiger partial charge in [-0.15, -0.1) is 0 Å². The van der Waals surface area contributed by atoms with Crippen LogP contribution in [0.15, 0.2) is 0 Å². The van der Waals surface area contributed by atoms with Gasteiger partial charge in [-0.25, -0.2) is 0 Å². The van der Waals surface area contributed by atoms with Crippen LogP contribution >= 0.6 is 0 Å². The maximum Gasteiger partial charge on any atom is 0.906 e. The summed E-state index contributed by atoms with van der Waals surface area (Å²) in [5.41, 5.74) is 1.48. The van der Waals surface area contributed by atoms with Crippen molar-refractivity contribution in [2.24, 2.45) is 51.8 Å². The Bertz CT molecular complexity index is 667. The summed E-state index contributed by atoms with van der Waals surface area (Å²) >= 11 is -2.25. The van der Waals surface area contributed by atoms with Crippen LogP contribution in [0.5, 0.6) is 0 Å². The smallest absolute Gasteiger partial charge is 0.451 e. The van der Waals surface area contributed by atoms with Gasteiger partial charge in [-0.1, -0.05) is 60.8 Å². The minimum Gasteiger partial charge on any atom is -0.451 e. The van der Waals surface area contributed by atoms with Gasteiger partial charge in [-0.05, 0) is 129 Å². The summed E-state index contributed by atoms with van der Waals surface area (Å²) < 4.78 is 21.9. The van der Waals surface area contributed by atoms with Crippen molar-refractivity contribution in [1.29, 1.82) is 0 Å². The van der Waals surface area contributed by atoms with E-state index in [1.807, 2.05) is 0 Å². The van der Waals surface area contributed by atoms with Crippen LogP contribution in [0.25, 0.3) is 0 Å². The third kappa shape index (κ3) is 6.05. The number of hydrogen-bond donors (Lipinski definition) is 0. The number of hydrogen-bond acceptors (Lipinski definition) is 3. The molecule has 37 heavy (non-hydrogen) atoms. The molecule has 6 aliphatic rings. The Labute approximate surface area is 233 Å². The van der Waals surface area contributed by atoms with E-state index in [1.165, 1.54) is 96.3 Å². The molecule has 6 rings (SSSR count). The largest absolute Gasteiger partial charge is 0.906 e. The van der Waals surface area contributed by atoms with Crippen molar-refractivity contribution in [1.82, 2.24) is 0 Å². The van der Waals surface area contributed by atoms with Crippen LogP contribution in [-0.4, -0.2) is 33.5 Å². The Hall–Kier alpha value is 0.412. The molecule has 0 aromatic rings. The molecule has 4 heteroatoms. The Balaban J connectivity index is 1.20. The molecule has 0 spiro atoms. The van der Waals surface area contributed by atoms with E-state index < -0.39 is 15.1 Å². The van der Waals surface area contributed by atoms with Crippen LogP contribution < -0.4 is 0 Å². The third-order valence-corrected chi connectivity index (χ3v) is 13.5. The standard InChI is InChI=1S/3C11H19O.Al/c3*1-11(2)6-9(7-11)10(12)8-4-3-5-8;/h3*8-10H,3-7H2,1-2H3;/q3*-1;+3. The van der Waals surface area contributed by atoms with Crippen LogP contribution in [0.2, 0.25) is 0 Å². The maximum atomic E-state index is 7.29. The average molecular weight is 529 g/mol. The summed E-state index contributed by atoms with van der Waals surface area (Å²) in [6, 6.07) is 0. The molecule has 0 amide bonds. The molecule has 0 radical (unpaired) electrons. The molecule has 0 bridgehead atoms. The molecule has 0 N–H and O–H groups in total. The summed E-state index contributed by atoms with van der Waals surface area (Å²) in [5, 5.41) is 0. The number of rotatable bonds is 12. The molecule has 0 aliphatic heterocycles. The highest BCUT2D eigenvalue weighted by molar-refractivity contribution is 6.36. The Morgan fingerprint density at radius 3 is 0.838 bits per heavy atom. The molecule has 6 aliphatic carbocycles. The van der Waals surface area contributed by atoms with E-state index in [4.69, 9.17) is 11.4 Å². The second-order valence-corrected chi connectivity index (χ2v) is 18.6. The Morgan fingerprint density at radius 1 is 0.432 bits per heavy atom. The molecule has 0 heterocycles. The van der Waals surface area contributed by atoms with Crippen LogP contribution in [0.1, 0.15) is 138 Å². The first-order valence-corrected chi connectivity index (χ1v) is 17.8. The molecule has 6 saturated carbocycles. The lowest BCUT2D eigenvalue weighted by atomic mass is 9.59. The van der Waals surface area contributed by atoms with Gasteiger partial charge in [0, 0.05) is 18.3 Å². The Morgan fingerprint density at radius 2 is 0.676 bits per heavy atom. The monoisotopic (exact) mass is 528 g/mol. The fourth-order valence-corrected chi connectivity index (χ4v) is 11.7. The summed E-state index contributed by atoms with van der Waals surface area (Å²) in [6.07, 6.45) is 21.4. The molecule has 3 nitrogen and oxygen atoms in total. The van der Waals surface area contributed by atoms with Crippen molar-refractivity contribution in [3.63, 3.8) is 0 Å². The van der Waals surface area contributed by atoms with E-state index >= 15 is 0 Å². The van der Waals surface area contributed by atoms with Crippen molar-refractivity contribution in [2.45, 2.75) is 156 Å². The molecule has 0 aromatic heterocycles. The van der Waals surface area contributed by atoms with Crippen LogP contribution in [0, 0.1) is 51.8 Å².